The maximum Gasteiger partial charge on any atom is 0.239 e. The fraction of sp³-hybridized carbons (Fsp3) is 0.867. The third-order valence-electron chi connectivity index (χ3n) is 8.88. The van der Waals surface area contributed by atoms with Crippen molar-refractivity contribution in [1.82, 2.24) is 26.6 Å². The van der Waals surface area contributed by atoms with Gasteiger partial charge >= 0.3 is 0 Å². The van der Waals surface area contributed by atoms with E-state index >= 15 is 0 Å². The van der Waals surface area contributed by atoms with Gasteiger partial charge in [0.25, 0.3) is 0 Å². The number of unbranched alkanes of at least 4 members (excludes halogenated alkanes) is 9. The first kappa shape index (κ1) is 60.5. The van der Waals surface area contributed by atoms with Crippen LogP contribution in [0.15, 0.2) is 0 Å². The van der Waals surface area contributed by atoms with Gasteiger partial charge in [-0.05, 0) is 76.0 Å². The second-order valence-corrected chi connectivity index (χ2v) is 15.1. The summed E-state index contributed by atoms with van der Waals surface area (Å²) in [5.74, 6) is 1.03. The van der Waals surface area contributed by atoms with Crippen molar-refractivity contribution in [3.63, 3.8) is 0 Å². The van der Waals surface area contributed by atoms with Crippen LogP contribution in [-0.4, -0.2) is 68.2 Å². The van der Waals surface area contributed by atoms with E-state index in [1.807, 2.05) is 27.7 Å². The molecular weight excluding hydrogens is 721 g/mol. The zero-order valence-electron chi connectivity index (χ0n) is 38.6. The molecule has 0 aliphatic carbocycles. The summed E-state index contributed by atoms with van der Waals surface area (Å²) >= 11 is 0. The van der Waals surface area contributed by atoms with Gasteiger partial charge in [0.05, 0.1) is 0 Å². The van der Waals surface area contributed by atoms with Crippen molar-refractivity contribution in [2.45, 2.75) is 216 Å². The Kier molecular flexibility index (Phi) is 50.1. The highest BCUT2D eigenvalue weighted by atomic mass is 16.2. The molecule has 0 aromatic carbocycles. The van der Waals surface area contributed by atoms with Crippen LogP contribution >= 0.6 is 0 Å². The molecule has 0 heterocycles. The van der Waals surface area contributed by atoms with E-state index in [1.165, 1.54) is 6.42 Å². The maximum absolute atomic E-state index is 12.1. The predicted octanol–water partition coefficient (Wildman–Crippen LogP) is 8.39. The molecule has 0 spiro atoms. The quantitative estimate of drug-likeness (QED) is 0.0361. The van der Waals surface area contributed by atoms with Crippen LogP contribution in [0.25, 0.3) is 0 Å². The van der Waals surface area contributed by atoms with Crippen LogP contribution in [-0.2, 0) is 28.8 Å². The van der Waals surface area contributed by atoms with Crippen molar-refractivity contribution >= 4 is 35.4 Å². The van der Waals surface area contributed by atoms with Crippen LogP contribution < -0.4 is 32.3 Å². The number of hydrogen-bond donors (Lipinski definition) is 6. The maximum atomic E-state index is 12.1. The Bertz CT molecular complexity index is 976. The third-order valence-corrected chi connectivity index (χ3v) is 8.88. The normalized spacial score (nSPS) is 10.7. The molecule has 12 heteroatoms. The van der Waals surface area contributed by atoms with E-state index in [1.54, 1.807) is 7.05 Å². The molecule has 6 amide bonds. The minimum Gasteiger partial charge on any atom is -0.368 e. The summed E-state index contributed by atoms with van der Waals surface area (Å²) < 4.78 is 0. The van der Waals surface area contributed by atoms with Crippen molar-refractivity contribution in [1.29, 1.82) is 0 Å². The largest absolute Gasteiger partial charge is 0.368 e. The molecule has 0 rings (SSSR count). The second kappa shape index (κ2) is 47.2. The van der Waals surface area contributed by atoms with Crippen molar-refractivity contribution in [3.8, 4) is 0 Å². The molecule has 57 heavy (non-hydrogen) atoms. The molecule has 338 valence electrons. The summed E-state index contributed by atoms with van der Waals surface area (Å²) in [6.45, 7) is 20.8. The van der Waals surface area contributed by atoms with E-state index in [4.69, 9.17) is 5.73 Å². The molecule has 0 radical (unpaired) electrons. The number of amides is 6. The first-order chi connectivity index (χ1) is 27.3. The van der Waals surface area contributed by atoms with Gasteiger partial charge in [-0.15, -0.1) is 0 Å². The average Bonchev–Trinajstić information content (AvgIpc) is 3.18. The molecule has 0 aliphatic heterocycles. The first-order valence-electron chi connectivity index (χ1n) is 22.9. The lowest BCUT2D eigenvalue weighted by Crippen LogP contribution is -2.44. The van der Waals surface area contributed by atoms with Gasteiger partial charge in [-0.25, -0.2) is 0 Å². The van der Waals surface area contributed by atoms with Gasteiger partial charge in [0, 0.05) is 58.8 Å². The Hall–Kier alpha value is -3.18. The van der Waals surface area contributed by atoms with Crippen LogP contribution in [0.5, 0.6) is 0 Å². The Morgan fingerprint density at radius 1 is 0.439 bits per heavy atom. The Morgan fingerprint density at radius 3 is 1.18 bits per heavy atom. The van der Waals surface area contributed by atoms with Crippen molar-refractivity contribution in [2.75, 3.05) is 26.7 Å². The molecule has 7 N–H and O–H groups in total. The summed E-state index contributed by atoms with van der Waals surface area (Å²) in [6, 6.07) is -0.692. The topological polar surface area (TPSA) is 189 Å². The lowest BCUT2D eigenvalue weighted by atomic mass is 10.1. The monoisotopic (exact) mass is 813 g/mol. The summed E-state index contributed by atoms with van der Waals surface area (Å²) in [4.78, 5) is 69.8. The van der Waals surface area contributed by atoms with Crippen LogP contribution in [0.3, 0.4) is 0 Å². The van der Waals surface area contributed by atoms with Gasteiger partial charge in [0.1, 0.15) is 6.04 Å². The SMILES string of the molecule is CC.CC.CCCCCCC(=O)NCCCCC(NC(=O)CCCCNC(=O)CCCCC(C)C)C(N)=O.CNC(=O)CCCCCNC(=O)CCCCC(C)C. The number of nitrogens with one attached hydrogen (secondary N) is 5. The molecule has 0 fully saturated rings. The first-order valence-corrected chi connectivity index (χ1v) is 22.9. The molecule has 0 saturated heterocycles. The highest BCUT2D eigenvalue weighted by molar-refractivity contribution is 5.86. The molecule has 0 aliphatic rings. The number of nitrogens with two attached hydrogens (primary N) is 1. The number of primary amides is 1. The minimum absolute atomic E-state index is 0.0645. The van der Waals surface area contributed by atoms with Crippen LogP contribution in [0.4, 0.5) is 0 Å². The van der Waals surface area contributed by atoms with Crippen molar-refractivity contribution in [3.05, 3.63) is 0 Å². The smallest absolute Gasteiger partial charge is 0.239 e. The summed E-state index contributed by atoms with van der Waals surface area (Å²) in [5.41, 5.74) is 5.43. The number of hydrogen-bond acceptors (Lipinski definition) is 6. The minimum atomic E-state index is -0.692. The van der Waals surface area contributed by atoms with Crippen molar-refractivity contribution in [2.24, 2.45) is 17.6 Å². The standard InChI is InChI=1S/C26H50N4O4.C15H30N2O2.2C2H6/c1-4-5-6-7-16-23(31)28-19-12-10-15-22(26(27)34)30-25(33)18-11-13-20-29-24(32)17-9-8-14-21(2)3;1-13(2)9-6-7-11-15(19)17-12-8-4-5-10-14(18)16-3;2*1-2/h21-22H,4-20H2,1-3H3,(H2,27,34)(H,28,31)(H,29,32)(H,30,33);13H,4-12H2,1-3H3,(H,16,18)(H,17,19);2*1-2H3. The van der Waals surface area contributed by atoms with E-state index < -0.39 is 11.9 Å². The van der Waals surface area contributed by atoms with Gasteiger partial charge in [-0.3, -0.25) is 28.8 Å². The Balaban J connectivity index is -0.000000515. The van der Waals surface area contributed by atoms with Gasteiger partial charge in [-0.2, -0.15) is 0 Å². The fourth-order valence-corrected chi connectivity index (χ4v) is 5.49. The van der Waals surface area contributed by atoms with Crippen molar-refractivity contribution < 1.29 is 28.8 Å². The highest BCUT2D eigenvalue weighted by Gasteiger charge is 2.17. The third kappa shape index (κ3) is 50.8. The number of carbonyl (C=O) groups is 6. The van der Waals surface area contributed by atoms with Crippen LogP contribution in [0.1, 0.15) is 210 Å². The van der Waals surface area contributed by atoms with Gasteiger partial charge in [0.15, 0.2) is 0 Å². The summed E-state index contributed by atoms with van der Waals surface area (Å²) in [7, 11) is 1.65. The van der Waals surface area contributed by atoms with E-state index in [0.717, 1.165) is 95.9 Å². The molecule has 0 aromatic heterocycles. The molecule has 0 bridgehead atoms. The zero-order chi connectivity index (χ0) is 44.1. The average molecular weight is 813 g/mol. The molecular formula is C45H92N6O6. The van der Waals surface area contributed by atoms with E-state index in [0.29, 0.717) is 76.8 Å². The summed E-state index contributed by atoms with van der Waals surface area (Å²) in [5, 5.41) is 14.0. The molecule has 12 nitrogen and oxygen atoms in total. The second-order valence-electron chi connectivity index (χ2n) is 15.1. The summed E-state index contributed by atoms with van der Waals surface area (Å²) in [6.07, 6.45) is 19.4. The van der Waals surface area contributed by atoms with E-state index in [9.17, 15) is 28.8 Å². The molecule has 0 saturated carbocycles. The lowest BCUT2D eigenvalue weighted by molar-refractivity contribution is -0.127. The van der Waals surface area contributed by atoms with Gasteiger partial charge in [0.2, 0.25) is 35.4 Å². The molecule has 1 atom stereocenters. The Morgan fingerprint density at radius 2 is 0.772 bits per heavy atom. The van der Waals surface area contributed by atoms with Gasteiger partial charge in [-0.1, -0.05) is 114 Å². The molecule has 0 aromatic rings. The van der Waals surface area contributed by atoms with E-state index in [2.05, 4.69) is 61.2 Å². The number of rotatable bonds is 33. The fourth-order valence-electron chi connectivity index (χ4n) is 5.49. The van der Waals surface area contributed by atoms with Crippen LogP contribution in [0, 0.1) is 11.8 Å². The van der Waals surface area contributed by atoms with Crippen LogP contribution in [0.2, 0.25) is 0 Å². The highest BCUT2D eigenvalue weighted by Crippen LogP contribution is 2.09. The number of carbonyl (C=O) groups excluding carboxylic acids is 6. The van der Waals surface area contributed by atoms with E-state index in [-0.39, 0.29) is 29.5 Å². The van der Waals surface area contributed by atoms with Gasteiger partial charge < -0.3 is 32.3 Å². The molecule has 1 unspecified atom stereocenters. The lowest BCUT2D eigenvalue weighted by Gasteiger charge is -2.15. The zero-order valence-corrected chi connectivity index (χ0v) is 38.6. The predicted molar refractivity (Wildman–Crippen MR) is 238 cm³/mol. The Labute approximate surface area is 350 Å².